The van der Waals surface area contributed by atoms with Crippen LogP contribution in [0.5, 0.6) is 0 Å². The van der Waals surface area contributed by atoms with Crippen LogP contribution in [-0.4, -0.2) is 16.1 Å². The van der Waals surface area contributed by atoms with Gasteiger partial charge in [-0.3, -0.25) is 0 Å². The third-order valence-corrected chi connectivity index (χ3v) is 3.80. The predicted octanol–water partition coefficient (Wildman–Crippen LogP) is 1.48. The number of imidazole rings is 1. The summed E-state index contributed by atoms with van der Waals surface area (Å²) in [5, 5.41) is 3.50. The number of hydrogen-bond acceptors (Lipinski definition) is 2. The van der Waals surface area contributed by atoms with E-state index in [1.807, 2.05) is 17.9 Å². The van der Waals surface area contributed by atoms with Gasteiger partial charge in [-0.1, -0.05) is 19.3 Å². The van der Waals surface area contributed by atoms with Crippen molar-refractivity contribution in [2.24, 2.45) is 18.9 Å². The van der Waals surface area contributed by atoms with Crippen molar-refractivity contribution in [2.75, 3.05) is 6.54 Å². The lowest BCUT2D eigenvalue weighted by molar-refractivity contribution is 0.0921. The van der Waals surface area contributed by atoms with Crippen molar-refractivity contribution >= 4 is 0 Å². The van der Waals surface area contributed by atoms with Crippen LogP contribution in [0.2, 0.25) is 0 Å². The quantitative estimate of drug-likeness (QED) is 0.767. The first-order valence-electron chi connectivity index (χ1n) is 5.56. The summed E-state index contributed by atoms with van der Waals surface area (Å²) in [5.41, 5.74) is 1.23. The highest BCUT2D eigenvalue weighted by Gasteiger charge is 2.40. The molecule has 0 bridgehead atoms. The van der Waals surface area contributed by atoms with E-state index in [-0.39, 0.29) is 0 Å². The summed E-state index contributed by atoms with van der Waals surface area (Å²) < 4.78 is 2.03. The molecule has 0 aromatic carbocycles. The molecule has 3 rings (SSSR count). The highest BCUT2D eigenvalue weighted by Crippen LogP contribution is 2.43. The lowest BCUT2D eigenvalue weighted by atomic mass is 9.69. The lowest BCUT2D eigenvalue weighted by Crippen LogP contribution is -2.50. The van der Waals surface area contributed by atoms with Crippen LogP contribution in [0.25, 0.3) is 0 Å². The van der Waals surface area contributed by atoms with Crippen molar-refractivity contribution in [3.63, 3.8) is 0 Å². The van der Waals surface area contributed by atoms with Gasteiger partial charge in [0, 0.05) is 19.8 Å². The van der Waals surface area contributed by atoms with Gasteiger partial charge in [0.25, 0.3) is 0 Å². The zero-order valence-corrected chi connectivity index (χ0v) is 8.61. The first kappa shape index (κ1) is 8.48. The molecule has 0 amide bonds. The molecule has 0 radical (unpaired) electrons. The van der Waals surface area contributed by atoms with Crippen molar-refractivity contribution in [3.8, 4) is 0 Å². The van der Waals surface area contributed by atoms with Gasteiger partial charge in [0.1, 0.15) is 0 Å². The number of rotatable bonds is 2. The Morgan fingerprint density at radius 2 is 2.36 bits per heavy atom. The van der Waals surface area contributed by atoms with E-state index in [1.165, 1.54) is 31.5 Å². The molecule has 0 spiro atoms. The number of aromatic nitrogens is 2. The Labute approximate surface area is 84.5 Å². The van der Waals surface area contributed by atoms with E-state index in [4.69, 9.17) is 0 Å². The molecule has 2 heterocycles. The second kappa shape index (κ2) is 3.09. The molecule has 14 heavy (non-hydrogen) atoms. The first-order valence-corrected chi connectivity index (χ1v) is 5.56. The van der Waals surface area contributed by atoms with Gasteiger partial charge in [0.2, 0.25) is 0 Å². The van der Waals surface area contributed by atoms with Crippen molar-refractivity contribution < 1.29 is 0 Å². The normalized spacial score (nSPS) is 32.4. The smallest absolute Gasteiger partial charge is 0.0947 e. The van der Waals surface area contributed by atoms with Crippen LogP contribution >= 0.6 is 0 Å². The van der Waals surface area contributed by atoms with Gasteiger partial charge in [-0.25, -0.2) is 4.98 Å². The summed E-state index contributed by atoms with van der Waals surface area (Å²) in [5.74, 6) is 1.84. The van der Waals surface area contributed by atoms with Crippen LogP contribution in [0.3, 0.4) is 0 Å². The standard InChI is InChI=1S/C11H17N3/c1-14-6-10(13-7-14)11-9(5-12-11)8-3-2-4-8/h6-9,11-12H,2-5H2,1H3. The predicted molar refractivity (Wildman–Crippen MR) is 54.8 cm³/mol. The highest BCUT2D eigenvalue weighted by atomic mass is 15.1. The van der Waals surface area contributed by atoms with Gasteiger partial charge < -0.3 is 9.88 Å². The van der Waals surface area contributed by atoms with Crippen LogP contribution in [0.1, 0.15) is 31.0 Å². The maximum atomic E-state index is 4.43. The molecule has 1 N–H and O–H groups in total. The van der Waals surface area contributed by atoms with Gasteiger partial charge in [0.15, 0.2) is 0 Å². The number of aryl methyl sites for hydroxylation is 1. The molecule has 1 aliphatic heterocycles. The largest absolute Gasteiger partial charge is 0.340 e. The maximum Gasteiger partial charge on any atom is 0.0947 e. The van der Waals surface area contributed by atoms with Crippen LogP contribution in [-0.2, 0) is 7.05 Å². The molecule has 2 aliphatic rings. The Bertz CT molecular complexity index is 327. The van der Waals surface area contributed by atoms with Gasteiger partial charge in [-0.15, -0.1) is 0 Å². The van der Waals surface area contributed by atoms with Crippen molar-refractivity contribution in [2.45, 2.75) is 25.3 Å². The fraction of sp³-hybridized carbons (Fsp3) is 0.727. The Hall–Kier alpha value is -0.830. The van der Waals surface area contributed by atoms with E-state index >= 15 is 0 Å². The first-order chi connectivity index (χ1) is 6.84. The maximum absolute atomic E-state index is 4.43. The van der Waals surface area contributed by atoms with E-state index in [9.17, 15) is 0 Å². The monoisotopic (exact) mass is 191 g/mol. The van der Waals surface area contributed by atoms with Crippen LogP contribution in [0.4, 0.5) is 0 Å². The summed E-state index contributed by atoms with van der Waals surface area (Å²) in [4.78, 5) is 4.43. The molecule has 1 aromatic heterocycles. The van der Waals surface area contributed by atoms with E-state index in [0.717, 1.165) is 11.8 Å². The summed E-state index contributed by atoms with van der Waals surface area (Å²) in [6.07, 6.45) is 8.36. The molecular weight excluding hydrogens is 174 g/mol. The van der Waals surface area contributed by atoms with E-state index in [1.54, 1.807) is 0 Å². The minimum atomic E-state index is 0.543. The van der Waals surface area contributed by atoms with E-state index in [0.29, 0.717) is 6.04 Å². The zero-order valence-electron chi connectivity index (χ0n) is 8.61. The third-order valence-electron chi connectivity index (χ3n) is 3.80. The molecule has 2 atom stereocenters. The Morgan fingerprint density at radius 3 is 2.79 bits per heavy atom. The summed E-state index contributed by atoms with van der Waals surface area (Å²) in [6, 6.07) is 0.543. The van der Waals surface area contributed by atoms with Crippen LogP contribution in [0.15, 0.2) is 12.5 Å². The van der Waals surface area contributed by atoms with E-state index < -0.39 is 0 Å². The summed E-state index contributed by atoms with van der Waals surface area (Å²) in [6.45, 7) is 1.20. The lowest BCUT2D eigenvalue weighted by Gasteiger charge is -2.45. The second-order valence-corrected chi connectivity index (χ2v) is 4.70. The van der Waals surface area contributed by atoms with Crippen LogP contribution in [0, 0.1) is 11.8 Å². The number of nitrogens with zero attached hydrogens (tertiary/aromatic N) is 2. The van der Waals surface area contributed by atoms with Crippen molar-refractivity contribution in [1.82, 2.24) is 14.9 Å². The van der Waals surface area contributed by atoms with Crippen molar-refractivity contribution in [3.05, 3.63) is 18.2 Å². The summed E-state index contributed by atoms with van der Waals surface area (Å²) in [7, 11) is 2.04. The molecule has 1 aromatic rings. The molecular formula is C11H17N3. The Morgan fingerprint density at radius 1 is 1.50 bits per heavy atom. The van der Waals surface area contributed by atoms with Gasteiger partial charge in [0.05, 0.1) is 18.1 Å². The molecule has 3 heteroatoms. The molecule has 76 valence electrons. The topological polar surface area (TPSA) is 29.9 Å². The average Bonchev–Trinajstić information content (AvgIpc) is 2.41. The molecule has 3 nitrogen and oxygen atoms in total. The minimum Gasteiger partial charge on any atom is -0.340 e. The molecule has 1 saturated heterocycles. The number of hydrogen-bond donors (Lipinski definition) is 1. The zero-order chi connectivity index (χ0) is 9.54. The van der Waals surface area contributed by atoms with Gasteiger partial charge >= 0.3 is 0 Å². The van der Waals surface area contributed by atoms with Crippen molar-refractivity contribution in [1.29, 1.82) is 0 Å². The fourth-order valence-corrected chi connectivity index (χ4v) is 2.60. The fourth-order valence-electron chi connectivity index (χ4n) is 2.60. The van der Waals surface area contributed by atoms with E-state index in [2.05, 4.69) is 16.5 Å². The number of nitrogens with one attached hydrogen (secondary N) is 1. The highest BCUT2D eigenvalue weighted by molar-refractivity contribution is 5.11. The third kappa shape index (κ3) is 1.19. The SMILES string of the molecule is Cn1cnc(C2NCC2C2CCC2)c1. The molecule has 1 aliphatic carbocycles. The Balaban J connectivity index is 1.73. The molecule has 1 saturated carbocycles. The second-order valence-electron chi connectivity index (χ2n) is 4.70. The van der Waals surface area contributed by atoms with Gasteiger partial charge in [-0.05, 0) is 11.8 Å². The summed E-state index contributed by atoms with van der Waals surface area (Å²) >= 11 is 0. The minimum absolute atomic E-state index is 0.543. The molecule has 2 unspecified atom stereocenters. The van der Waals surface area contributed by atoms with Crippen LogP contribution < -0.4 is 5.32 Å². The Kier molecular flexibility index (Phi) is 1.87. The van der Waals surface area contributed by atoms with Gasteiger partial charge in [-0.2, -0.15) is 0 Å². The average molecular weight is 191 g/mol. The molecule has 2 fully saturated rings.